The van der Waals surface area contributed by atoms with Crippen LogP contribution >= 0.6 is 0 Å². The highest BCUT2D eigenvalue weighted by molar-refractivity contribution is 5.85. The average molecular weight is 287 g/mol. The Morgan fingerprint density at radius 3 is 2.67 bits per heavy atom. The molecule has 0 aliphatic rings. The Morgan fingerprint density at radius 2 is 2.05 bits per heavy atom. The van der Waals surface area contributed by atoms with Gasteiger partial charge < -0.3 is 14.1 Å². The third-order valence-corrected chi connectivity index (χ3v) is 3.19. The summed E-state index contributed by atoms with van der Waals surface area (Å²) in [5.74, 6) is -0.829. The summed E-state index contributed by atoms with van der Waals surface area (Å²) in [6, 6.07) is 7.07. The molecule has 0 N–H and O–H groups in total. The van der Waals surface area contributed by atoms with E-state index < -0.39 is 11.6 Å². The maximum Gasteiger partial charge on any atom is 0.379 e. The molecule has 2 rings (SSSR count). The average Bonchev–Trinajstić information content (AvgIpc) is 2.49. The lowest BCUT2D eigenvalue weighted by Gasteiger charge is -2.20. The number of fused-ring (bicyclic) bond motifs is 1. The van der Waals surface area contributed by atoms with E-state index in [-0.39, 0.29) is 5.75 Å². The molecule has 2 aromatic rings. The van der Waals surface area contributed by atoms with Crippen molar-refractivity contribution in [3.8, 4) is 5.75 Å². The Balaban J connectivity index is 2.47. The van der Waals surface area contributed by atoms with Crippen molar-refractivity contribution in [3.05, 3.63) is 47.3 Å². The summed E-state index contributed by atoms with van der Waals surface area (Å²) in [6.07, 6.45) is 0.993. The van der Waals surface area contributed by atoms with Crippen LogP contribution in [-0.4, -0.2) is 19.1 Å². The highest BCUT2D eigenvalue weighted by Gasteiger charge is 2.11. The summed E-state index contributed by atoms with van der Waals surface area (Å²) in [6.45, 7) is 9.13. The van der Waals surface area contributed by atoms with E-state index in [0.29, 0.717) is 11.0 Å². The van der Waals surface area contributed by atoms with Gasteiger partial charge in [0.05, 0.1) is 0 Å². The predicted molar refractivity (Wildman–Crippen MR) is 81.9 cm³/mol. The van der Waals surface area contributed by atoms with E-state index >= 15 is 0 Å². The number of hydrogen-bond acceptors (Lipinski definition) is 5. The molecule has 0 aliphatic heterocycles. The van der Waals surface area contributed by atoms with Gasteiger partial charge in [-0.15, -0.1) is 0 Å². The molecule has 0 fully saturated rings. The second kappa shape index (κ2) is 6.26. The molecule has 0 radical (unpaired) electrons. The molecule has 0 unspecified atom stereocenters. The van der Waals surface area contributed by atoms with Crippen LogP contribution in [0.3, 0.4) is 0 Å². The lowest BCUT2D eigenvalue weighted by Crippen LogP contribution is -2.21. The fraction of sp³-hybridized carbons (Fsp3) is 0.250. The van der Waals surface area contributed by atoms with Crippen molar-refractivity contribution < 1.29 is 13.9 Å². The molecule has 5 heteroatoms. The summed E-state index contributed by atoms with van der Waals surface area (Å²) < 4.78 is 10.1. The van der Waals surface area contributed by atoms with Crippen molar-refractivity contribution in [2.45, 2.75) is 13.8 Å². The normalized spacial score (nSPS) is 10.4. The Bertz CT molecular complexity index is 729. The van der Waals surface area contributed by atoms with Crippen molar-refractivity contribution in [2.75, 3.05) is 18.0 Å². The minimum absolute atomic E-state index is 0.136. The lowest BCUT2D eigenvalue weighted by atomic mass is 10.2. The fourth-order valence-corrected chi connectivity index (χ4v) is 2.09. The smallest absolute Gasteiger partial charge is 0.379 e. The second-order valence-corrected chi connectivity index (χ2v) is 4.42. The quantitative estimate of drug-likeness (QED) is 0.481. The van der Waals surface area contributed by atoms with Crippen LogP contribution in [0.2, 0.25) is 0 Å². The molecule has 0 aliphatic carbocycles. The maximum atomic E-state index is 11.8. The molecule has 1 aromatic carbocycles. The molecule has 110 valence electrons. The Morgan fingerprint density at radius 1 is 1.33 bits per heavy atom. The summed E-state index contributed by atoms with van der Waals surface area (Å²) >= 11 is 0. The van der Waals surface area contributed by atoms with E-state index in [2.05, 4.69) is 25.3 Å². The van der Waals surface area contributed by atoms with Crippen molar-refractivity contribution >= 4 is 22.6 Å². The van der Waals surface area contributed by atoms with Crippen LogP contribution in [0, 0.1) is 0 Å². The molecule has 1 aromatic heterocycles. The van der Waals surface area contributed by atoms with E-state index in [1.165, 1.54) is 6.07 Å². The van der Waals surface area contributed by atoms with E-state index in [1.807, 2.05) is 18.2 Å². The maximum absolute atomic E-state index is 11.8. The third kappa shape index (κ3) is 3.13. The molecule has 1 heterocycles. The number of benzene rings is 1. The molecule has 0 bridgehead atoms. The first-order chi connectivity index (χ1) is 10.1. The molecule has 0 saturated heterocycles. The van der Waals surface area contributed by atoms with Crippen LogP contribution in [0.5, 0.6) is 5.75 Å². The van der Waals surface area contributed by atoms with Gasteiger partial charge in [0.2, 0.25) is 5.75 Å². The van der Waals surface area contributed by atoms with Crippen LogP contribution in [0.4, 0.5) is 5.69 Å². The van der Waals surface area contributed by atoms with E-state index in [1.54, 1.807) is 0 Å². The molecule has 0 spiro atoms. The molecule has 0 amide bonds. The molecule has 5 nitrogen and oxygen atoms in total. The molecule has 21 heavy (non-hydrogen) atoms. The van der Waals surface area contributed by atoms with Gasteiger partial charge in [0.1, 0.15) is 5.58 Å². The first-order valence-electron chi connectivity index (χ1n) is 6.76. The van der Waals surface area contributed by atoms with Crippen LogP contribution in [0.15, 0.2) is 46.1 Å². The number of nitrogens with zero attached hydrogens (tertiary/aromatic N) is 1. The van der Waals surface area contributed by atoms with Gasteiger partial charge >= 0.3 is 11.6 Å². The third-order valence-electron chi connectivity index (χ3n) is 3.19. The lowest BCUT2D eigenvalue weighted by molar-refractivity contribution is -0.129. The van der Waals surface area contributed by atoms with Crippen molar-refractivity contribution in [1.82, 2.24) is 0 Å². The Hall–Kier alpha value is -2.56. The standard InChI is InChI=1S/C16H17NO4/c1-4-15(18)20-14-9-11-7-8-12(17(5-2)6-3)10-13(11)21-16(14)19/h4,7-10H,1,5-6H2,2-3H3. The zero-order valence-electron chi connectivity index (χ0n) is 12.1. The number of ether oxygens (including phenoxy) is 1. The van der Waals surface area contributed by atoms with Gasteiger partial charge in [0.25, 0.3) is 0 Å². The van der Waals surface area contributed by atoms with Crippen LogP contribution < -0.4 is 15.3 Å². The number of rotatable bonds is 5. The summed E-state index contributed by atoms with van der Waals surface area (Å²) in [7, 11) is 0. The van der Waals surface area contributed by atoms with Crippen LogP contribution in [0.1, 0.15) is 13.8 Å². The summed E-state index contributed by atoms with van der Waals surface area (Å²) in [5, 5.41) is 0.692. The fourth-order valence-electron chi connectivity index (χ4n) is 2.09. The highest BCUT2D eigenvalue weighted by atomic mass is 16.5. The van der Waals surface area contributed by atoms with Gasteiger partial charge in [-0.2, -0.15) is 0 Å². The van der Waals surface area contributed by atoms with Gasteiger partial charge in [0, 0.05) is 36.3 Å². The Labute approximate surface area is 122 Å². The predicted octanol–water partition coefficient (Wildman–Crippen LogP) is 2.73. The van der Waals surface area contributed by atoms with Crippen molar-refractivity contribution in [3.63, 3.8) is 0 Å². The number of carbonyl (C=O) groups is 1. The van der Waals surface area contributed by atoms with Gasteiger partial charge in [-0.05, 0) is 32.0 Å². The largest absolute Gasteiger partial charge is 0.420 e. The first-order valence-corrected chi connectivity index (χ1v) is 6.76. The van der Waals surface area contributed by atoms with Gasteiger partial charge in [-0.25, -0.2) is 9.59 Å². The molecular formula is C16H17NO4. The van der Waals surface area contributed by atoms with Gasteiger partial charge in [-0.3, -0.25) is 0 Å². The summed E-state index contributed by atoms with van der Waals surface area (Å²) in [4.78, 5) is 25.1. The molecule has 0 saturated carbocycles. The van der Waals surface area contributed by atoms with E-state index in [0.717, 1.165) is 24.9 Å². The first kappa shape index (κ1) is 14.8. The van der Waals surface area contributed by atoms with Crippen LogP contribution in [-0.2, 0) is 4.79 Å². The molecular weight excluding hydrogens is 270 g/mol. The van der Waals surface area contributed by atoms with Crippen molar-refractivity contribution in [2.24, 2.45) is 0 Å². The monoisotopic (exact) mass is 287 g/mol. The minimum atomic E-state index is -0.693. The van der Waals surface area contributed by atoms with E-state index in [9.17, 15) is 9.59 Å². The number of esters is 1. The van der Waals surface area contributed by atoms with Gasteiger partial charge in [-0.1, -0.05) is 6.58 Å². The van der Waals surface area contributed by atoms with Crippen LogP contribution in [0.25, 0.3) is 11.0 Å². The van der Waals surface area contributed by atoms with E-state index in [4.69, 9.17) is 9.15 Å². The van der Waals surface area contributed by atoms with Gasteiger partial charge in [0.15, 0.2) is 0 Å². The number of anilines is 1. The number of hydrogen-bond donors (Lipinski definition) is 0. The van der Waals surface area contributed by atoms with Crippen molar-refractivity contribution in [1.29, 1.82) is 0 Å². The number of carbonyl (C=O) groups excluding carboxylic acids is 1. The Kier molecular flexibility index (Phi) is 4.42. The zero-order chi connectivity index (χ0) is 15.4. The molecule has 0 atom stereocenters. The summed E-state index contributed by atoms with van der Waals surface area (Å²) in [5.41, 5.74) is 0.753. The topological polar surface area (TPSA) is 59.8 Å². The highest BCUT2D eigenvalue weighted by Crippen LogP contribution is 2.23. The zero-order valence-corrected chi connectivity index (χ0v) is 12.1. The second-order valence-electron chi connectivity index (χ2n) is 4.42. The SMILES string of the molecule is C=CC(=O)Oc1cc2ccc(N(CC)CC)cc2oc1=O. The minimum Gasteiger partial charge on any atom is -0.420 e.